The first kappa shape index (κ1) is 20.5. The van der Waals surface area contributed by atoms with Gasteiger partial charge in [-0.2, -0.15) is 5.48 Å². The average molecular weight is 405 g/mol. The maximum absolute atomic E-state index is 12.9. The third kappa shape index (κ3) is 5.06. The van der Waals surface area contributed by atoms with Crippen molar-refractivity contribution >= 4 is 5.91 Å². The van der Waals surface area contributed by atoms with Crippen molar-refractivity contribution in [3.63, 3.8) is 0 Å². The number of ether oxygens (including phenoxy) is 2. The van der Waals surface area contributed by atoms with Crippen LogP contribution in [-0.4, -0.2) is 48.6 Å². The number of carbonyl (C=O) groups is 1. The fourth-order valence-corrected chi connectivity index (χ4v) is 3.77. The fraction of sp³-hybridized carbons (Fsp3) is 0.714. The molecule has 2 aliphatic heterocycles. The van der Waals surface area contributed by atoms with Crippen LogP contribution in [0, 0.1) is 5.92 Å². The molecule has 0 radical (unpaired) electrons. The van der Waals surface area contributed by atoms with Gasteiger partial charge in [0.25, 0.3) is 5.91 Å². The number of amides is 1. The number of hydrogen-bond acceptors (Lipinski definition) is 7. The van der Waals surface area contributed by atoms with Crippen molar-refractivity contribution in [1.82, 2.24) is 21.1 Å². The Kier molecular flexibility index (Phi) is 6.06. The number of rotatable bonds is 7. The van der Waals surface area contributed by atoms with E-state index in [1.165, 1.54) is 0 Å². The molecule has 4 rings (SSSR count). The van der Waals surface area contributed by atoms with Crippen LogP contribution in [-0.2, 0) is 9.57 Å². The molecular weight excluding hydrogens is 372 g/mol. The van der Waals surface area contributed by atoms with Gasteiger partial charge in [0.15, 0.2) is 0 Å². The zero-order valence-corrected chi connectivity index (χ0v) is 17.5. The van der Waals surface area contributed by atoms with Crippen molar-refractivity contribution in [3.8, 4) is 5.88 Å². The summed E-state index contributed by atoms with van der Waals surface area (Å²) in [6.07, 6.45) is 4.02. The van der Waals surface area contributed by atoms with Crippen LogP contribution in [0.1, 0.15) is 68.4 Å². The largest absolute Gasteiger partial charge is 0.477 e. The second-order valence-electron chi connectivity index (χ2n) is 8.89. The molecule has 1 aromatic rings. The monoisotopic (exact) mass is 404 g/mol. The van der Waals surface area contributed by atoms with Gasteiger partial charge < -0.3 is 14.8 Å². The molecule has 1 amide bonds. The summed E-state index contributed by atoms with van der Waals surface area (Å²) in [4.78, 5) is 22.9. The second kappa shape index (κ2) is 8.55. The molecular formula is C21H32N4O4. The molecule has 3 fully saturated rings. The van der Waals surface area contributed by atoms with E-state index < -0.39 is 5.54 Å². The van der Waals surface area contributed by atoms with Crippen LogP contribution in [0.2, 0.25) is 0 Å². The molecule has 0 spiro atoms. The predicted octanol–water partition coefficient (Wildman–Crippen LogP) is 2.07. The lowest BCUT2D eigenvalue weighted by atomic mass is 10.0. The maximum Gasteiger partial charge on any atom is 0.270 e. The van der Waals surface area contributed by atoms with Crippen molar-refractivity contribution in [2.24, 2.45) is 5.92 Å². The maximum atomic E-state index is 12.9. The van der Waals surface area contributed by atoms with E-state index in [4.69, 9.17) is 14.3 Å². The minimum atomic E-state index is -0.568. The third-order valence-corrected chi connectivity index (χ3v) is 5.86. The minimum absolute atomic E-state index is 0.114. The molecule has 29 heavy (non-hydrogen) atoms. The first-order chi connectivity index (χ1) is 13.9. The van der Waals surface area contributed by atoms with E-state index in [1.807, 2.05) is 26.8 Å². The Morgan fingerprint density at radius 3 is 2.69 bits per heavy atom. The quantitative estimate of drug-likeness (QED) is 0.640. The molecule has 1 aromatic heterocycles. The molecule has 2 atom stereocenters. The zero-order chi connectivity index (χ0) is 20.4. The van der Waals surface area contributed by atoms with Gasteiger partial charge in [-0.15, -0.1) is 0 Å². The lowest BCUT2D eigenvalue weighted by molar-refractivity contribution is 0.0255. The first-order valence-corrected chi connectivity index (χ1v) is 10.6. The van der Waals surface area contributed by atoms with E-state index in [0.717, 1.165) is 44.5 Å². The normalized spacial score (nSPS) is 25.8. The molecule has 160 valence electrons. The Hall–Kier alpha value is -1.74. The van der Waals surface area contributed by atoms with E-state index in [0.29, 0.717) is 30.0 Å². The lowest BCUT2D eigenvalue weighted by Crippen LogP contribution is -2.60. The van der Waals surface area contributed by atoms with Crippen molar-refractivity contribution in [3.05, 3.63) is 23.4 Å². The number of hydroxylamine groups is 1. The summed E-state index contributed by atoms with van der Waals surface area (Å²) in [5.41, 5.74) is 3.85. The summed E-state index contributed by atoms with van der Waals surface area (Å²) in [5, 5.41) is 6.30. The highest BCUT2D eigenvalue weighted by molar-refractivity contribution is 5.93. The van der Waals surface area contributed by atoms with Gasteiger partial charge in [-0.25, -0.2) is 4.98 Å². The number of aromatic nitrogens is 1. The molecule has 3 heterocycles. The van der Waals surface area contributed by atoms with Crippen LogP contribution < -0.4 is 20.9 Å². The number of nitrogens with one attached hydrogen (secondary N) is 3. The summed E-state index contributed by atoms with van der Waals surface area (Å²) in [5.74, 6) is 1.37. The summed E-state index contributed by atoms with van der Waals surface area (Å²) < 4.78 is 11.5. The van der Waals surface area contributed by atoms with Crippen molar-refractivity contribution in [1.29, 1.82) is 0 Å². The topological polar surface area (TPSA) is 93.7 Å². The molecule has 0 aromatic carbocycles. The lowest BCUT2D eigenvalue weighted by Gasteiger charge is -2.31. The van der Waals surface area contributed by atoms with E-state index in [-0.39, 0.29) is 18.3 Å². The zero-order valence-electron chi connectivity index (χ0n) is 17.5. The van der Waals surface area contributed by atoms with Crippen LogP contribution in [0.4, 0.5) is 0 Å². The number of carbonyl (C=O) groups excluding carboxylic acids is 1. The minimum Gasteiger partial charge on any atom is -0.477 e. The molecule has 8 heteroatoms. The van der Waals surface area contributed by atoms with Gasteiger partial charge in [0.2, 0.25) is 5.88 Å². The van der Waals surface area contributed by atoms with Gasteiger partial charge in [0.05, 0.1) is 12.1 Å². The molecule has 1 saturated carbocycles. The molecule has 8 nitrogen and oxygen atoms in total. The molecule has 2 unspecified atom stereocenters. The second-order valence-corrected chi connectivity index (χ2v) is 8.89. The summed E-state index contributed by atoms with van der Waals surface area (Å²) >= 11 is 0. The van der Waals surface area contributed by atoms with Gasteiger partial charge >= 0.3 is 0 Å². The Balaban J connectivity index is 1.44. The standard InChI is InChI=1S/C21H32N4O4/c1-13-22-20(25-29-13)21(2,3)24-18(26)17-7-6-16(15-4-5-15)19(23-17)28-12-14-8-10-27-11-9-14/h6-7,13-15,20,22,25H,4-5,8-12H2,1-3H3,(H,24,26). The SMILES string of the molecule is CC1NC(C(C)(C)NC(=O)c2ccc(C3CC3)c(OCC3CCOCC3)n2)NO1. The Bertz CT molecular complexity index is 731. The molecule has 3 N–H and O–H groups in total. The van der Waals surface area contributed by atoms with Crippen LogP contribution in [0.15, 0.2) is 12.1 Å². The highest BCUT2D eigenvalue weighted by Crippen LogP contribution is 2.43. The summed E-state index contributed by atoms with van der Waals surface area (Å²) in [6, 6.07) is 3.80. The molecule has 3 aliphatic rings. The fourth-order valence-electron chi connectivity index (χ4n) is 3.77. The van der Waals surface area contributed by atoms with Gasteiger partial charge in [-0.1, -0.05) is 6.07 Å². The van der Waals surface area contributed by atoms with Crippen molar-refractivity contribution in [2.75, 3.05) is 19.8 Å². The number of hydrogen-bond donors (Lipinski definition) is 3. The van der Waals surface area contributed by atoms with Crippen molar-refractivity contribution in [2.45, 2.75) is 70.3 Å². The van der Waals surface area contributed by atoms with Crippen molar-refractivity contribution < 1.29 is 19.1 Å². The Labute approximate surface area is 172 Å². The predicted molar refractivity (Wildman–Crippen MR) is 107 cm³/mol. The first-order valence-electron chi connectivity index (χ1n) is 10.6. The van der Waals surface area contributed by atoms with Gasteiger partial charge in [-0.3, -0.25) is 14.9 Å². The highest BCUT2D eigenvalue weighted by Gasteiger charge is 2.37. The number of nitrogens with zero attached hydrogens (tertiary/aromatic N) is 1. The van der Waals surface area contributed by atoms with Gasteiger partial charge in [-0.05, 0) is 64.4 Å². The molecule has 0 bridgehead atoms. The van der Waals surface area contributed by atoms with E-state index >= 15 is 0 Å². The van der Waals surface area contributed by atoms with Crippen LogP contribution in [0.25, 0.3) is 0 Å². The average Bonchev–Trinajstić information content (AvgIpc) is 3.46. The molecule has 1 aliphatic carbocycles. The third-order valence-electron chi connectivity index (χ3n) is 5.86. The summed E-state index contributed by atoms with van der Waals surface area (Å²) in [6.45, 7) is 8.00. The van der Waals surface area contributed by atoms with Gasteiger partial charge in [0.1, 0.15) is 18.1 Å². The van der Waals surface area contributed by atoms with E-state index in [1.54, 1.807) is 6.07 Å². The Morgan fingerprint density at radius 2 is 2.03 bits per heavy atom. The van der Waals surface area contributed by atoms with Crippen LogP contribution in [0.5, 0.6) is 5.88 Å². The number of pyridine rings is 1. The highest BCUT2D eigenvalue weighted by atomic mass is 16.7. The van der Waals surface area contributed by atoms with Crippen LogP contribution >= 0.6 is 0 Å². The summed E-state index contributed by atoms with van der Waals surface area (Å²) in [7, 11) is 0. The van der Waals surface area contributed by atoms with E-state index in [9.17, 15) is 4.79 Å². The Morgan fingerprint density at radius 1 is 1.28 bits per heavy atom. The van der Waals surface area contributed by atoms with E-state index in [2.05, 4.69) is 21.1 Å². The van der Waals surface area contributed by atoms with Gasteiger partial charge in [0, 0.05) is 18.8 Å². The molecule has 2 saturated heterocycles. The smallest absolute Gasteiger partial charge is 0.270 e. The van der Waals surface area contributed by atoms with Crippen LogP contribution in [0.3, 0.4) is 0 Å².